The van der Waals surface area contributed by atoms with Crippen LogP contribution in [0.3, 0.4) is 0 Å². The van der Waals surface area contributed by atoms with Crippen molar-refractivity contribution in [2.75, 3.05) is 0 Å². The predicted molar refractivity (Wildman–Crippen MR) is 231 cm³/mol. The fraction of sp³-hybridized carbons (Fsp3) is 0.529. The number of benzene rings is 4. The highest BCUT2D eigenvalue weighted by atomic mass is 16.5. The van der Waals surface area contributed by atoms with Crippen LogP contribution in [-0.2, 0) is 19.3 Å². The Morgan fingerprint density at radius 3 is 0.907 bits per heavy atom. The summed E-state index contributed by atoms with van der Waals surface area (Å²) in [7, 11) is 0. The Bertz CT molecular complexity index is 1480. The SMILES string of the molecule is CCCCCCCCCc1ccccc1Oc1cccc(Oc2ccccc2CCCCCCCCC)c1Oc1ccccc1CCCCCCCCC. The maximum absolute atomic E-state index is 6.95. The van der Waals surface area contributed by atoms with Crippen molar-refractivity contribution in [1.82, 2.24) is 0 Å². The summed E-state index contributed by atoms with van der Waals surface area (Å²) in [4.78, 5) is 0. The standard InChI is InChI=1S/C51H72O3/c1-4-7-10-13-16-19-22-32-43-35-25-28-38-46(43)52-49-41-31-42-50(53-47-39-29-26-36-44(47)33-23-20-17-14-11-8-5-2)51(49)54-48-40-30-27-37-45(48)34-24-21-18-15-12-9-6-3/h25-31,35-42H,4-24,32-34H2,1-3H3. The molecule has 0 aromatic heterocycles. The Morgan fingerprint density at radius 2 is 0.556 bits per heavy atom. The normalized spacial score (nSPS) is 11.2. The summed E-state index contributed by atoms with van der Waals surface area (Å²) in [6.45, 7) is 6.84. The molecule has 0 radical (unpaired) electrons. The fourth-order valence-corrected chi connectivity index (χ4v) is 7.35. The van der Waals surface area contributed by atoms with E-state index in [1.807, 2.05) is 18.2 Å². The van der Waals surface area contributed by atoms with E-state index < -0.39 is 0 Å². The van der Waals surface area contributed by atoms with Crippen molar-refractivity contribution in [1.29, 1.82) is 0 Å². The van der Waals surface area contributed by atoms with Crippen LogP contribution in [0, 0.1) is 0 Å². The highest BCUT2D eigenvalue weighted by Gasteiger charge is 2.19. The first-order chi connectivity index (χ1) is 26.7. The van der Waals surface area contributed by atoms with Crippen LogP contribution in [0.2, 0.25) is 0 Å². The van der Waals surface area contributed by atoms with Gasteiger partial charge in [0.05, 0.1) is 0 Å². The third-order valence-electron chi connectivity index (χ3n) is 10.7. The summed E-state index contributed by atoms with van der Waals surface area (Å²) in [5, 5.41) is 0. The first-order valence-corrected chi connectivity index (χ1v) is 22.1. The highest BCUT2D eigenvalue weighted by molar-refractivity contribution is 5.57. The van der Waals surface area contributed by atoms with Crippen LogP contribution in [0.4, 0.5) is 0 Å². The van der Waals surface area contributed by atoms with Gasteiger partial charge < -0.3 is 14.2 Å². The summed E-state index contributed by atoms with van der Waals surface area (Å²) in [5.74, 6) is 4.63. The van der Waals surface area contributed by atoms with Crippen molar-refractivity contribution in [2.45, 2.75) is 175 Å². The molecule has 0 unspecified atom stereocenters. The van der Waals surface area contributed by atoms with E-state index in [9.17, 15) is 0 Å². The highest BCUT2D eigenvalue weighted by Crippen LogP contribution is 2.46. The molecule has 0 N–H and O–H groups in total. The monoisotopic (exact) mass is 733 g/mol. The molecule has 0 aliphatic heterocycles. The lowest BCUT2D eigenvalue weighted by Gasteiger charge is -2.20. The summed E-state index contributed by atoms with van der Waals surface area (Å²) >= 11 is 0. The maximum Gasteiger partial charge on any atom is 0.212 e. The largest absolute Gasteiger partial charge is 0.453 e. The average molecular weight is 733 g/mol. The van der Waals surface area contributed by atoms with Gasteiger partial charge in [0.15, 0.2) is 11.5 Å². The van der Waals surface area contributed by atoms with Gasteiger partial charge in [-0.3, -0.25) is 0 Å². The van der Waals surface area contributed by atoms with E-state index in [1.54, 1.807) is 0 Å². The fourth-order valence-electron chi connectivity index (χ4n) is 7.35. The van der Waals surface area contributed by atoms with Crippen molar-refractivity contribution in [2.24, 2.45) is 0 Å². The lowest BCUT2D eigenvalue weighted by atomic mass is 10.0. The van der Waals surface area contributed by atoms with Gasteiger partial charge in [-0.25, -0.2) is 0 Å². The zero-order valence-corrected chi connectivity index (χ0v) is 34.4. The summed E-state index contributed by atoms with van der Waals surface area (Å²) < 4.78 is 20.6. The van der Waals surface area contributed by atoms with E-state index in [1.165, 1.54) is 145 Å². The van der Waals surface area contributed by atoms with Crippen LogP contribution >= 0.6 is 0 Å². The van der Waals surface area contributed by atoms with E-state index in [0.717, 1.165) is 42.9 Å². The van der Waals surface area contributed by atoms with Crippen LogP contribution in [0.15, 0.2) is 91.0 Å². The number of ether oxygens (including phenoxy) is 3. The van der Waals surface area contributed by atoms with Gasteiger partial charge in [0.2, 0.25) is 5.75 Å². The molecule has 0 atom stereocenters. The Kier molecular flexibility index (Phi) is 21.5. The molecule has 294 valence electrons. The lowest BCUT2D eigenvalue weighted by molar-refractivity contribution is 0.381. The minimum absolute atomic E-state index is 0.626. The molecule has 0 saturated carbocycles. The average Bonchev–Trinajstić information content (AvgIpc) is 3.19. The quantitative estimate of drug-likeness (QED) is 0.0500. The number of aryl methyl sites for hydroxylation is 3. The van der Waals surface area contributed by atoms with E-state index in [4.69, 9.17) is 14.2 Å². The van der Waals surface area contributed by atoms with Crippen molar-refractivity contribution >= 4 is 0 Å². The summed E-state index contributed by atoms with van der Waals surface area (Å²) in [5.41, 5.74) is 3.70. The molecule has 0 heterocycles. The molecule has 0 saturated heterocycles. The maximum atomic E-state index is 6.95. The van der Waals surface area contributed by atoms with Crippen molar-refractivity contribution in [3.8, 4) is 34.5 Å². The minimum atomic E-state index is 0.626. The van der Waals surface area contributed by atoms with E-state index in [-0.39, 0.29) is 0 Å². The molecule has 0 spiro atoms. The molecule has 4 rings (SSSR count). The number of hydrogen-bond donors (Lipinski definition) is 0. The van der Waals surface area contributed by atoms with Crippen molar-refractivity contribution in [3.63, 3.8) is 0 Å². The molecule has 0 aliphatic carbocycles. The molecule has 0 fully saturated rings. The van der Waals surface area contributed by atoms with Crippen LogP contribution < -0.4 is 14.2 Å². The second kappa shape index (κ2) is 27.0. The number of hydrogen-bond acceptors (Lipinski definition) is 3. The topological polar surface area (TPSA) is 27.7 Å². The van der Waals surface area contributed by atoms with Gasteiger partial charge in [-0.2, -0.15) is 0 Å². The van der Waals surface area contributed by atoms with Gasteiger partial charge in [0.1, 0.15) is 17.2 Å². The second-order valence-electron chi connectivity index (χ2n) is 15.3. The van der Waals surface area contributed by atoms with Gasteiger partial charge in [-0.15, -0.1) is 0 Å². The molecular weight excluding hydrogens is 661 g/mol. The summed E-state index contributed by atoms with van der Waals surface area (Å²) in [6.07, 6.45) is 30.1. The molecule has 3 nitrogen and oxygen atoms in total. The molecule has 3 heteroatoms. The Morgan fingerprint density at radius 1 is 0.278 bits per heavy atom. The van der Waals surface area contributed by atoms with Crippen LogP contribution in [0.5, 0.6) is 34.5 Å². The number of unbranched alkanes of at least 4 members (excludes halogenated alkanes) is 18. The van der Waals surface area contributed by atoms with Gasteiger partial charge in [0, 0.05) is 0 Å². The molecule has 0 amide bonds. The molecule has 4 aromatic carbocycles. The Balaban J connectivity index is 1.55. The molecule has 4 aromatic rings. The predicted octanol–water partition coefficient (Wildman–Crippen LogP) is 16.9. The second-order valence-corrected chi connectivity index (χ2v) is 15.3. The number of rotatable bonds is 30. The van der Waals surface area contributed by atoms with Gasteiger partial charge >= 0.3 is 0 Å². The van der Waals surface area contributed by atoms with Crippen LogP contribution in [0.1, 0.15) is 172 Å². The molecule has 0 aliphatic rings. The zero-order chi connectivity index (χ0) is 37.9. The van der Waals surface area contributed by atoms with Gasteiger partial charge in [0.25, 0.3) is 0 Å². The van der Waals surface area contributed by atoms with Crippen LogP contribution in [0.25, 0.3) is 0 Å². The molecular formula is C51H72O3. The molecule has 54 heavy (non-hydrogen) atoms. The van der Waals surface area contributed by atoms with Crippen LogP contribution in [-0.4, -0.2) is 0 Å². The van der Waals surface area contributed by atoms with Crippen molar-refractivity contribution < 1.29 is 14.2 Å². The van der Waals surface area contributed by atoms with Gasteiger partial charge in [-0.1, -0.05) is 197 Å². The molecule has 0 bridgehead atoms. The zero-order valence-electron chi connectivity index (χ0n) is 34.4. The van der Waals surface area contributed by atoms with Gasteiger partial charge in [-0.05, 0) is 85.5 Å². The first kappa shape index (κ1) is 43.0. The first-order valence-electron chi connectivity index (χ1n) is 22.1. The number of para-hydroxylation sites is 4. The lowest BCUT2D eigenvalue weighted by Crippen LogP contribution is -1.99. The third-order valence-corrected chi connectivity index (χ3v) is 10.7. The smallest absolute Gasteiger partial charge is 0.212 e. The Hall–Kier alpha value is -3.72. The van der Waals surface area contributed by atoms with E-state index >= 15 is 0 Å². The third kappa shape index (κ3) is 15.9. The Labute approximate surface area is 330 Å². The van der Waals surface area contributed by atoms with Crippen molar-refractivity contribution in [3.05, 3.63) is 108 Å². The summed E-state index contributed by atoms with van der Waals surface area (Å²) in [6, 6.07) is 31.6. The minimum Gasteiger partial charge on any atom is -0.453 e. The van der Waals surface area contributed by atoms with E-state index in [0.29, 0.717) is 17.2 Å². The van der Waals surface area contributed by atoms with E-state index in [2.05, 4.69) is 93.6 Å².